The number of methoxy groups -OCH3 is 1. The second kappa shape index (κ2) is 9.57. The van der Waals surface area contributed by atoms with Gasteiger partial charge in [-0.2, -0.15) is 0 Å². The van der Waals surface area contributed by atoms with Crippen molar-refractivity contribution in [1.82, 2.24) is 4.98 Å². The molecule has 3 rings (SSSR count). The van der Waals surface area contributed by atoms with Gasteiger partial charge in [0.05, 0.1) is 24.1 Å². The Morgan fingerprint density at radius 3 is 2.67 bits per heavy atom. The third-order valence-corrected chi connectivity index (χ3v) is 6.48. The molecule has 0 aliphatic carbocycles. The number of esters is 1. The number of hydrogen-bond donors (Lipinski definition) is 3. The SMILES string of the molecule is CCCS(=O)(=O)Nc1ccc(F)c(C(=O)c2c[nH]c3c2C=C(/C=C/C(=O)OC)C(C)N3)c1F. The Labute approximate surface area is 189 Å². The number of halogens is 2. The van der Waals surface area contributed by atoms with Crippen LogP contribution in [0.5, 0.6) is 0 Å². The van der Waals surface area contributed by atoms with Gasteiger partial charge < -0.3 is 15.0 Å². The van der Waals surface area contributed by atoms with Crippen LogP contribution in [-0.4, -0.2) is 44.1 Å². The summed E-state index contributed by atoms with van der Waals surface area (Å²) in [5.74, 6) is -3.76. The summed E-state index contributed by atoms with van der Waals surface area (Å²) < 4.78 is 60.3. The Hall–Kier alpha value is -3.47. The van der Waals surface area contributed by atoms with Gasteiger partial charge in [0.25, 0.3) is 0 Å². The molecule has 0 bridgehead atoms. The van der Waals surface area contributed by atoms with Crippen LogP contribution in [-0.2, 0) is 19.6 Å². The van der Waals surface area contributed by atoms with E-state index in [2.05, 4.69) is 19.8 Å². The minimum Gasteiger partial charge on any atom is -0.466 e. The van der Waals surface area contributed by atoms with Crippen molar-refractivity contribution >= 4 is 39.4 Å². The summed E-state index contributed by atoms with van der Waals surface area (Å²) in [7, 11) is -2.61. The number of rotatable bonds is 8. The van der Waals surface area contributed by atoms with Gasteiger partial charge in [-0.25, -0.2) is 22.0 Å². The predicted molar refractivity (Wildman–Crippen MR) is 121 cm³/mol. The lowest BCUT2D eigenvalue weighted by molar-refractivity contribution is -0.134. The second-order valence-electron chi connectivity index (χ2n) is 7.39. The number of carbonyl (C=O) groups is 2. The number of ketones is 1. The first-order valence-electron chi connectivity index (χ1n) is 10.1. The number of aromatic amines is 1. The predicted octanol–water partition coefficient (Wildman–Crippen LogP) is 3.60. The Morgan fingerprint density at radius 2 is 2.00 bits per heavy atom. The number of aromatic nitrogens is 1. The zero-order valence-corrected chi connectivity index (χ0v) is 19.0. The van der Waals surface area contributed by atoms with Crippen molar-refractivity contribution in [2.75, 3.05) is 22.9 Å². The van der Waals surface area contributed by atoms with Crippen LogP contribution in [0, 0.1) is 11.6 Å². The first-order chi connectivity index (χ1) is 15.6. The van der Waals surface area contributed by atoms with E-state index in [4.69, 9.17) is 0 Å². The fourth-order valence-electron chi connectivity index (χ4n) is 3.37. The normalized spacial score (nSPS) is 15.5. The van der Waals surface area contributed by atoms with E-state index in [9.17, 15) is 22.4 Å². The van der Waals surface area contributed by atoms with Crippen molar-refractivity contribution in [3.8, 4) is 0 Å². The zero-order chi connectivity index (χ0) is 24.3. The van der Waals surface area contributed by atoms with E-state index in [1.807, 2.05) is 6.92 Å². The number of benzene rings is 1. The maximum atomic E-state index is 15.1. The molecule has 0 amide bonds. The minimum atomic E-state index is -3.85. The van der Waals surface area contributed by atoms with E-state index in [-0.39, 0.29) is 17.4 Å². The number of H-pyrrole nitrogens is 1. The molecule has 0 fully saturated rings. The van der Waals surface area contributed by atoms with Gasteiger partial charge in [0.15, 0.2) is 5.82 Å². The first-order valence-corrected chi connectivity index (χ1v) is 11.7. The molecule has 1 aromatic carbocycles. The summed E-state index contributed by atoms with van der Waals surface area (Å²) in [6, 6.07) is 1.53. The van der Waals surface area contributed by atoms with E-state index < -0.39 is 44.7 Å². The molecule has 0 radical (unpaired) electrons. The van der Waals surface area contributed by atoms with Crippen molar-refractivity contribution in [3.05, 3.63) is 64.4 Å². The number of anilines is 2. The van der Waals surface area contributed by atoms with Crippen molar-refractivity contribution < 1.29 is 31.5 Å². The van der Waals surface area contributed by atoms with Crippen molar-refractivity contribution in [2.45, 2.75) is 26.3 Å². The molecule has 8 nitrogen and oxygen atoms in total. The van der Waals surface area contributed by atoms with Gasteiger partial charge >= 0.3 is 5.97 Å². The Bertz CT molecular complexity index is 1270. The lowest BCUT2D eigenvalue weighted by Gasteiger charge is -2.21. The number of sulfonamides is 1. The number of ether oxygens (including phenoxy) is 1. The summed E-state index contributed by atoms with van der Waals surface area (Å²) in [6.45, 7) is 3.46. The lowest BCUT2D eigenvalue weighted by atomic mass is 9.95. The van der Waals surface area contributed by atoms with Gasteiger partial charge in [-0.15, -0.1) is 0 Å². The van der Waals surface area contributed by atoms with Gasteiger partial charge in [-0.3, -0.25) is 9.52 Å². The van der Waals surface area contributed by atoms with Gasteiger partial charge in [-0.1, -0.05) is 6.92 Å². The van der Waals surface area contributed by atoms with E-state index >= 15 is 4.39 Å². The molecule has 1 aliphatic heterocycles. The molecule has 3 N–H and O–H groups in total. The van der Waals surface area contributed by atoms with Crippen LogP contribution in [0.1, 0.15) is 41.8 Å². The largest absolute Gasteiger partial charge is 0.466 e. The molecule has 2 heterocycles. The Morgan fingerprint density at radius 1 is 1.27 bits per heavy atom. The summed E-state index contributed by atoms with van der Waals surface area (Å²) in [6.07, 6.45) is 5.95. The number of fused-ring (bicyclic) bond motifs is 1. The summed E-state index contributed by atoms with van der Waals surface area (Å²) in [4.78, 5) is 27.4. The highest BCUT2D eigenvalue weighted by Gasteiger charge is 2.28. The number of carbonyl (C=O) groups excluding carboxylic acids is 2. The van der Waals surface area contributed by atoms with Crippen LogP contribution in [0.4, 0.5) is 20.3 Å². The summed E-state index contributed by atoms with van der Waals surface area (Å²) in [5, 5.41) is 3.11. The zero-order valence-electron chi connectivity index (χ0n) is 18.2. The van der Waals surface area contributed by atoms with Crippen molar-refractivity contribution in [3.63, 3.8) is 0 Å². The molecular weight excluding hydrogens is 456 g/mol. The molecule has 0 saturated carbocycles. The molecule has 176 valence electrons. The topological polar surface area (TPSA) is 117 Å². The first kappa shape index (κ1) is 24.2. The van der Waals surface area contributed by atoms with Crippen LogP contribution >= 0.6 is 0 Å². The maximum absolute atomic E-state index is 15.1. The quantitative estimate of drug-likeness (QED) is 0.303. The highest BCUT2D eigenvalue weighted by atomic mass is 32.2. The smallest absolute Gasteiger partial charge is 0.330 e. The monoisotopic (exact) mass is 479 g/mol. The van der Waals surface area contributed by atoms with E-state index in [0.29, 0.717) is 23.4 Å². The highest BCUT2D eigenvalue weighted by molar-refractivity contribution is 7.92. The molecule has 0 saturated heterocycles. The Kier molecular flexibility index (Phi) is 7.01. The van der Waals surface area contributed by atoms with Gasteiger partial charge in [0.2, 0.25) is 15.8 Å². The molecule has 11 heteroatoms. The van der Waals surface area contributed by atoms with Crippen LogP contribution in [0.2, 0.25) is 0 Å². The summed E-state index contributed by atoms with van der Waals surface area (Å²) in [5.41, 5.74) is -0.449. The number of nitrogens with one attached hydrogen (secondary N) is 3. The molecule has 0 spiro atoms. The molecular formula is C22H23F2N3O5S. The maximum Gasteiger partial charge on any atom is 0.330 e. The molecule has 1 atom stereocenters. The molecule has 1 aliphatic rings. The number of hydrogen-bond acceptors (Lipinski definition) is 6. The van der Waals surface area contributed by atoms with Gasteiger partial charge in [0.1, 0.15) is 11.6 Å². The average molecular weight is 480 g/mol. The van der Waals surface area contributed by atoms with Crippen molar-refractivity contribution in [1.29, 1.82) is 0 Å². The van der Waals surface area contributed by atoms with Crippen LogP contribution in [0.15, 0.2) is 36.1 Å². The van der Waals surface area contributed by atoms with Crippen LogP contribution < -0.4 is 10.0 Å². The van der Waals surface area contributed by atoms with Gasteiger partial charge in [0, 0.05) is 29.4 Å². The fraction of sp³-hybridized carbons (Fsp3) is 0.273. The third kappa shape index (κ3) is 5.14. The fourth-order valence-corrected chi connectivity index (χ4v) is 4.50. The summed E-state index contributed by atoms with van der Waals surface area (Å²) >= 11 is 0. The molecule has 1 aromatic heterocycles. The van der Waals surface area contributed by atoms with Crippen LogP contribution in [0.25, 0.3) is 6.08 Å². The van der Waals surface area contributed by atoms with E-state index in [1.165, 1.54) is 25.5 Å². The van der Waals surface area contributed by atoms with E-state index in [1.54, 1.807) is 13.0 Å². The highest BCUT2D eigenvalue weighted by Crippen LogP contribution is 2.33. The standard InChI is InChI=1S/C22H23F2N3O5S/c1-4-9-33(30,31)27-17-7-6-16(23)19(20(17)24)21(29)15-11-25-22-14(15)10-13(12(2)26-22)5-8-18(28)32-3/h5-8,10-12,25-27H,4,9H2,1-3H3/b8-5+. The minimum absolute atomic E-state index is 0.0280. The Balaban J connectivity index is 2.02. The molecule has 1 unspecified atom stereocenters. The van der Waals surface area contributed by atoms with Gasteiger partial charge in [-0.05, 0) is 43.2 Å². The second-order valence-corrected chi connectivity index (χ2v) is 9.23. The third-order valence-electron chi connectivity index (χ3n) is 5.01. The van der Waals surface area contributed by atoms with Crippen LogP contribution in [0.3, 0.4) is 0 Å². The molecule has 33 heavy (non-hydrogen) atoms. The van der Waals surface area contributed by atoms with E-state index in [0.717, 1.165) is 12.1 Å². The lowest BCUT2D eigenvalue weighted by Crippen LogP contribution is -2.22. The molecule has 2 aromatic rings. The average Bonchev–Trinajstić information content (AvgIpc) is 3.16. The van der Waals surface area contributed by atoms with Crippen molar-refractivity contribution in [2.24, 2.45) is 0 Å².